The monoisotopic (exact) mass is 506 g/mol. The molecule has 2 aliphatic rings. The van der Waals surface area contributed by atoms with Crippen molar-refractivity contribution in [2.45, 2.75) is 77.4 Å². The number of cyclic esters (lactones) is 2. The molecule has 2 saturated heterocycles. The summed E-state index contributed by atoms with van der Waals surface area (Å²) < 4.78 is 11.4. The first-order chi connectivity index (χ1) is 16.3. The minimum atomic E-state index is -0.640. The van der Waals surface area contributed by atoms with E-state index < -0.39 is 11.2 Å². The topological polar surface area (TPSA) is 102 Å². The number of hydrogen-bond acceptors (Lipinski definition) is 10. The zero-order valence-electron chi connectivity index (χ0n) is 20.3. The molecule has 0 unspecified atom stereocenters. The smallest absolute Gasteiger partial charge is 0.310 e. The third-order valence-electron chi connectivity index (χ3n) is 6.63. The maximum atomic E-state index is 12.2. The average molecular weight is 507 g/mol. The maximum absolute atomic E-state index is 12.2. The number of thiazole rings is 2. The lowest BCUT2D eigenvalue weighted by Gasteiger charge is -2.20. The van der Waals surface area contributed by atoms with Gasteiger partial charge < -0.3 is 20.1 Å². The Balaban J connectivity index is 1.25. The highest BCUT2D eigenvalue weighted by Gasteiger charge is 2.46. The molecule has 0 bridgehead atoms. The van der Waals surface area contributed by atoms with Crippen LogP contribution < -0.4 is 10.6 Å². The summed E-state index contributed by atoms with van der Waals surface area (Å²) in [5.41, 5.74) is 0.341. The highest BCUT2D eigenvalue weighted by molar-refractivity contribution is 7.14. The van der Waals surface area contributed by atoms with Gasteiger partial charge in [0, 0.05) is 36.7 Å². The molecule has 34 heavy (non-hydrogen) atoms. The lowest BCUT2D eigenvalue weighted by atomic mass is 9.91. The first kappa shape index (κ1) is 24.9. The molecule has 2 aromatic heterocycles. The number of hydrogen-bond donors (Lipinski definition) is 2. The van der Waals surface area contributed by atoms with Gasteiger partial charge in [-0.25, -0.2) is 9.97 Å². The minimum absolute atomic E-state index is 0.0342. The highest BCUT2D eigenvalue weighted by Crippen LogP contribution is 2.43. The van der Waals surface area contributed by atoms with Gasteiger partial charge in [-0.2, -0.15) is 0 Å². The normalized spacial score (nSPS) is 28.7. The molecular formula is C24H34N4O4S2. The quantitative estimate of drug-likeness (QED) is 0.313. The number of nitrogens with one attached hydrogen (secondary N) is 2. The second-order valence-corrected chi connectivity index (χ2v) is 11.3. The van der Waals surface area contributed by atoms with Crippen molar-refractivity contribution in [3.05, 3.63) is 22.1 Å². The Morgan fingerprint density at radius 3 is 1.65 bits per heavy atom. The standard InChI is InChI=1S/C24H34N4O4S2/c1-5-7-15-11-23(3,31-19(15)29)17-13-33-21(27-17)25-9-10-26-22-28-18(14-34-22)24(4)12-16(8-6-2)20(30)32-24/h13-16H,5-12H2,1-4H3,(H,25,27)(H,26,28)/t15-,16-,23-,24+/m0/s1. The van der Waals surface area contributed by atoms with E-state index in [9.17, 15) is 9.59 Å². The van der Waals surface area contributed by atoms with Crippen LogP contribution in [-0.4, -0.2) is 35.0 Å². The molecule has 2 N–H and O–H groups in total. The molecule has 2 aromatic rings. The molecule has 2 aliphatic heterocycles. The number of ether oxygens (including phenoxy) is 2. The number of aromatic nitrogens is 2. The summed E-state index contributed by atoms with van der Waals surface area (Å²) in [4.78, 5) is 33.7. The summed E-state index contributed by atoms with van der Waals surface area (Å²) in [6.07, 6.45) is 5.02. The number of carbonyl (C=O) groups excluding carboxylic acids is 2. The SMILES string of the molecule is CCC[C@H]1C[C@](C)(c2csc(NCCNc3nc([C@]4(C)C[C@H](CCC)C(=O)O4)cs3)n2)OC1=O. The molecule has 0 spiro atoms. The number of carbonyl (C=O) groups is 2. The number of nitrogens with zero attached hydrogens (tertiary/aromatic N) is 2. The van der Waals surface area contributed by atoms with Crippen molar-refractivity contribution < 1.29 is 19.1 Å². The van der Waals surface area contributed by atoms with Crippen LogP contribution in [0.1, 0.15) is 77.6 Å². The Hall–Kier alpha value is -2.20. The van der Waals surface area contributed by atoms with E-state index in [2.05, 4.69) is 34.4 Å². The second-order valence-electron chi connectivity index (χ2n) is 9.61. The van der Waals surface area contributed by atoms with Crippen LogP contribution in [0.2, 0.25) is 0 Å². The lowest BCUT2D eigenvalue weighted by molar-refractivity contribution is -0.151. The Morgan fingerprint density at radius 1 is 0.853 bits per heavy atom. The van der Waals surface area contributed by atoms with Gasteiger partial charge in [0.2, 0.25) is 0 Å². The summed E-state index contributed by atoms with van der Waals surface area (Å²) >= 11 is 3.04. The van der Waals surface area contributed by atoms with Gasteiger partial charge in [-0.3, -0.25) is 9.59 Å². The fourth-order valence-electron chi connectivity index (χ4n) is 4.79. The van der Waals surface area contributed by atoms with E-state index in [4.69, 9.17) is 9.47 Å². The molecule has 0 saturated carbocycles. The van der Waals surface area contributed by atoms with Crippen LogP contribution in [0, 0.1) is 11.8 Å². The summed E-state index contributed by atoms with van der Waals surface area (Å²) in [7, 11) is 0. The van der Waals surface area contributed by atoms with Crippen molar-refractivity contribution in [1.82, 2.24) is 9.97 Å². The molecule has 0 aliphatic carbocycles. The third-order valence-corrected chi connectivity index (χ3v) is 8.23. The molecule has 186 valence electrons. The van der Waals surface area contributed by atoms with E-state index in [0.717, 1.165) is 47.3 Å². The number of anilines is 2. The van der Waals surface area contributed by atoms with Crippen LogP contribution in [0.3, 0.4) is 0 Å². The molecule has 0 amide bonds. The average Bonchev–Trinajstić information content (AvgIpc) is 3.55. The molecule has 4 heterocycles. The zero-order valence-corrected chi connectivity index (χ0v) is 21.9. The van der Waals surface area contributed by atoms with Crippen LogP contribution >= 0.6 is 22.7 Å². The third kappa shape index (κ3) is 5.22. The van der Waals surface area contributed by atoms with E-state index in [1.165, 1.54) is 22.7 Å². The van der Waals surface area contributed by atoms with E-state index in [-0.39, 0.29) is 23.8 Å². The van der Waals surface area contributed by atoms with Crippen molar-refractivity contribution in [2.75, 3.05) is 23.7 Å². The van der Waals surface area contributed by atoms with Crippen molar-refractivity contribution in [3.63, 3.8) is 0 Å². The predicted molar refractivity (Wildman–Crippen MR) is 134 cm³/mol. The highest BCUT2D eigenvalue weighted by atomic mass is 32.1. The summed E-state index contributed by atoms with van der Waals surface area (Å²) in [5, 5.41) is 12.2. The Bertz CT molecular complexity index is 944. The minimum Gasteiger partial charge on any atom is -0.453 e. The first-order valence-electron chi connectivity index (χ1n) is 12.1. The molecule has 0 radical (unpaired) electrons. The van der Waals surface area contributed by atoms with Crippen molar-refractivity contribution in [3.8, 4) is 0 Å². The van der Waals surface area contributed by atoms with Gasteiger partial charge in [-0.05, 0) is 26.7 Å². The van der Waals surface area contributed by atoms with Gasteiger partial charge in [0.05, 0.1) is 23.2 Å². The molecule has 10 heteroatoms. The first-order valence-corrected chi connectivity index (χ1v) is 13.9. The van der Waals surface area contributed by atoms with E-state index in [0.29, 0.717) is 25.9 Å². The molecule has 2 fully saturated rings. The van der Waals surface area contributed by atoms with Gasteiger partial charge in [-0.1, -0.05) is 26.7 Å². The van der Waals surface area contributed by atoms with Gasteiger partial charge in [0.15, 0.2) is 21.5 Å². The van der Waals surface area contributed by atoms with E-state index >= 15 is 0 Å². The summed E-state index contributed by atoms with van der Waals surface area (Å²) in [5.74, 6) is -0.289. The fraction of sp³-hybridized carbons (Fsp3) is 0.667. The maximum Gasteiger partial charge on any atom is 0.310 e. The Morgan fingerprint density at radius 2 is 1.26 bits per heavy atom. The van der Waals surface area contributed by atoms with Crippen LogP contribution in [-0.2, 0) is 30.3 Å². The predicted octanol–water partition coefficient (Wildman–Crippen LogP) is 5.28. The van der Waals surface area contributed by atoms with Crippen LogP contribution in [0.5, 0.6) is 0 Å². The van der Waals surface area contributed by atoms with Crippen LogP contribution in [0.25, 0.3) is 0 Å². The van der Waals surface area contributed by atoms with Crippen molar-refractivity contribution in [1.29, 1.82) is 0 Å². The van der Waals surface area contributed by atoms with Crippen LogP contribution in [0.4, 0.5) is 10.3 Å². The number of esters is 2. The van der Waals surface area contributed by atoms with Gasteiger partial charge >= 0.3 is 11.9 Å². The second kappa shape index (κ2) is 10.2. The van der Waals surface area contributed by atoms with Crippen molar-refractivity contribution in [2.24, 2.45) is 11.8 Å². The zero-order chi connectivity index (χ0) is 24.3. The Labute approximate surface area is 208 Å². The van der Waals surface area contributed by atoms with Crippen LogP contribution in [0.15, 0.2) is 10.8 Å². The van der Waals surface area contributed by atoms with Crippen molar-refractivity contribution >= 4 is 44.9 Å². The molecule has 4 atom stereocenters. The molecule has 8 nitrogen and oxygen atoms in total. The van der Waals surface area contributed by atoms with E-state index in [1.807, 2.05) is 24.6 Å². The summed E-state index contributed by atoms with van der Waals surface area (Å²) in [6.45, 7) is 9.41. The van der Waals surface area contributed by atoms with Gasteiger partial charge in [0.25, 0.3) is 0 Å². The summed E-state index contributed by atoms with van der Waals surface area (Å²) in [6, 6.07) is 0. The van der Waals surface area contributed by atoms with Gasteiger partial charge in [0.1, 0.15) is 0 Å². The largest absolute Gasteiger partial charge is 0.453 e. The lowest BCUT2D eigenvalue weighted by Crippen LogP contribution is -2.22. The molecular weight excluding hydrogens is 472 g/mol. The number of rotatable bonds is 11. The Kier molecular flexibility index (Phi) is 7.47. The molecule has 4 rings (SSSR count). The van der Waals surface area contributed by atoms with Gasteiger partial charge in [-0.15, -0.1) is 22.7 Å². The fourth-order valence-corrected chi connectivity index (χ4v) is 6.51. The van der Waals surface area contributed by atoms with E-state index in [1.54, 1.807) is 0 Å². The molecule has 0 aromatic carbocycles.